The quantitative estimate of drug-likeness (QED) is 0.332. The van der Waals surface area contributed by atoms with Gasteiger partial charge >= 0.3 is 0 Å². The zero-order valence-corrected chi connectivity index (χ0v) is 16.6. The lowest BCUT2D eigenvalue weighted by Gasteiger charge is -2.39. The van der Waals surface area contributed by atoms with Gasteiger partial charge in [0.1, 0.15) is 0 Å². The summed E-state index contributed by atoms with van der Waals surface area (Å²) in [6, 6.07) is 32.0. The molecular formula is C27H24O2. The Hall–Kier alpha value is -3.52. The largest absolute Gasteiger partial charge is 0.504 e. The van der Waals surface area contributed by atoms with Crippen molar-refractivity contribution in [2.45, 2.75) is 19.3 Å². The standard InChI is InChI=1S/C27H24O2/c1-19-11-9-10-16-23(19)27(21-12-5-3-6-13-21,22-14-7-4-8-15-22)25-20(2)17-18-24(28)26(25)29/h3-18,28-29H,1-2H3. The van der Waals surface area contributed by atoms with Gasteiger partial charge in [0.25, 0.3) is 0 Å². The molecular weight excluding hydrogens is 356 g/mol. The van der Waals surface area contributed by atoms with Crippen molar-refractivity contribution in [3.8, 4) is 11.5 Å². The molecule has 0 unspecified atom stereocenters. The van der Waals surface area contributed by atoms with Gasteiger partial charge in [-0.05, 0) is 47.7 Å². The molecule has 4 aromatic rings. The lowest BCUT2D eigenvalue weighted by atomic mass is 9.63. The van der Waals surface area contributed by atoms with Gasteiger partial charge in [-0.2, -0.15) is 0 Å². The second-order valence-electron chi connectivity index (χ2n) is 7.42. The Labute approximate surface area is 171 Å². The molecule has 144 valence electrons. The Morgan fingerprint density at radius 3 is 1.62 bits per heavy atom. The van der Waals surface area contributed by atoms with E-state index < -0.39 is 5.41 Å². The fraction of sp³-hybridized carbons (Fsp3) is 0.111. The zero-order chi connectivity index (χ0) is 20.4. The number of phenolic OH excluding ortho intramolecular Hbond substituents is 2. The maximum Gasteiger partial charge on any atom is 0.162 e. The highest BCUT2D eigenvalue weighted by atomic mass is 16.3. The van der Waals surface area contributed by atoms with Gasteiger partial charge in [0.15, 0.2) is 11.5 Å². The van der Waals surface area contributed by atoms with Crippen LogP contribution in [0.1, 0.15) is 33.4 Å². The molecule has 0 aliphatic carbocycles. The molecule has 29 heavy (non-hydrogen) atoms. The van der Waals surface area contributed by atoms with Gasteiger partial charge in [-0.25, -0.2) is 0 Å². The third-order valence-electron chi connectivity index (χ3n) is 5.70. The summed E-state index contributed by atoms with van der Waals surface area (Å²) in [5, 5.41) is 21.6. The predicted molar refractivity (Wildman–Crippen MR) is 118 cm³/mol. The van der Waals surface area contributed by atoms with Crippen LogP contribution < -0.4 is 0 Å². The molecule has 0 aromatic heterocycles. The lowest BCUT2D eigenvalue weighted by molar-refractivity contribution is 0.394. The summed E-state index contributed by atoms with van der Waals surface area (Å²) >= 11 is 0. The highest BCUT2D eigenvalue weighted by Gasteiger charge is 2.42. The fourth-order valence-corrected chi connectivity index (χ4v) is 4.43. The second kappa shape index (κ2) is 7.48. The number of phenols is 2. The smallest absolute Gasteiger partial charge is 0.162 e. The monoisotopic (exact) mass is 380 g/mol. The average Bonchev–Trinajstić information content (AvgIpc) is 2.76. The fourth-order valence-electron chi connectivity index (χ4n) is 4.43. The minimum atomic E-state index is -0.777. The van der Waals surface area contributed by atoms with Crippen LogP contribution in [0.5, 0.6) is 11.5 Å². The van der Waals surface area contributed by atoms with Crippen molar-refractivity contribution in [3.63, 3.8) is 0 Å². The van der Waals surface area contributed by atoms with Crippen LogP contribution in [0.15, 0.2) is 97.1 Å². The van der Waals surface area contributed by atoms with Gasteiger partial charge in [-0.3, -0.25) is 0 Å². The number of aromatic hydroxyl groups is 2. The maximum absolute atomic E-state index is 11.1. The first-order chi connectivity index (χ1) is 14.1. The maximum atomic E-state index is 11.1. The molecule has 0 spiro atoms. The average molecular weight is 380 g/mol. The van der Waals surface area contributed by atoms with Crippen LogP contribution in [-0.4, -0.2) is 10.2 Å². The molecule has 2 heteroatoms. The lowest BCUT2D eigenvalue weighted by Crippen LogP contribution is -2.32. The Bertz CT molecular complexity index is 1090. The number of hydrogen-bond donors (Lipinski definition) is 2. The van der Waals surface area contributed by atoms with E-state index in [0.717, 1.165) is 27.8 Å². The number of rotatable bonds is 4. The first-order valence-electron chi connectivity index (χ1n) is 9.76. The van der Waals surface area contributed by atoms with Crippen LogP contribution >= 0.6 is 0 Å². The number of aryl methyl sites for hydroxylation is 2. The highest BCUT2D eigenvalue weighted by Crippen LogP contribution is 2.51. The van der Waals surface area contributed by atoms with Crippen molar-refractivity contribution in [2.75, 3.05) is 0 Å². The van der Waals surface area contributed by atoms with Crippen LogP contribution in [0, 0.1) is 13.8 Å². The van der Waals surface area contributed by atoms with Crippen LogP contribution in [0.25, 0.3) is 0 Å². The molecule has 0 saturated heterocycles. The molecule has 2 N–H and O–H groups in total. The number of benzene rings is 4. The first-order valence-corrected chi connectivity index (χ1v) is 9.76. The molecule has 0 aliphatic rings. The van der Waals surface area contributed by atoms with E-state index in [2.05, 4.69) is 43.3 Å². The highest BCUT2D eigenvalue weighted by molar-refractivity contribution is 5.68. The van der Waals surface area contributed by atoms with E-state index in [9.17, 15) is 10.2 Å². The third-order valence-corrected chi connectivity index (χ3v) is 5.70. The van der Waals surface area contributed by atoms with E-state index in [4.69, 9.17) is 0 Å². The van der Waals surface area contributed by atoms with Crippen molar-refractivity contribution < 1.29 is 10.2 Å². The summed E-state index contributed by atoms with van der Waals surface area (Å²) < 4.78 is 0. The summed E-state index contributed by atoms with van der Waals surface area (Å²) in [5.41, 5.74) is 5.08. The van der Waals surface area contributed by atoms with Gasteiger partial charge < -0.3 is 10.2 Å². The van der Waals surface area contributed by atoms with Gasteiger partial charge in [0.05, 0.1) is 5.41 Å². The Kier molecular flexibility index (Phi) is 4.85. The first kappa shape index (κ1) is 18.8. The normalized spacial score (nSPS) is 11.4. The van der Waals surface area contributed by atoms with Crippen molar-refractivity contribution in [1.29, 1.82) is 0 Å². The molecule has 0 atom stereocenters. The Balaban J connectivity index is 2.27. The van der Waals surface area contributed by atoms with Gasteiger partial charge in [-0.15, -0.1) is 0 Å². The molecule has 0 radical (unpaired) electrons. The van der Waals surface area contributed by atoms with Crippen molar-refractivity contribution in [2.24, 2.45) is 0 Å². The Morgan fingerprint density at radius 1 is 0.552 bits per heavy atom. The Morgan fingerprint density at radius 2 is 1.07 bits per heavy atom. The van der Waals surface area contributed by atoms with Crippen molar-refractivity contribution in [1.82, 2.24) is 0 Å². The van der Waals surface area contributed by atoms with Crippen LogP contribution in [-0.2, 0) is 5.41 Å². The molecule has 4 rings (SSSR count). The molecule has 0 saturated carbocycles. The molecule has 4 aromatic carbocycles. The van der Waals surface area contributed by atoms with E-state index in [1.165, 1.54) is 0 Å². The molecule has 0 bridgehead atoms. The summed E-state index contributed by atoms with van der Waals surface area (Å²) in [6.45, 7) is 4.07. The van der Waals surface area contributed by atoms with E-state index >= 15 is 0 Å². The van der Waals surface area contributed by atoms with E-state index in [1.54, 1.807) is 6.07 Å². The van der Waals surface area contributed by atoms with Crippen molar-refractivity contribution >= 4 is 0 Å². The molecule has 0 amide bonds. The van der Waals surface area contributed by atoms with Crippen LogP contribution in [0.3, 0.4) is 0 Å². The molecule has 0 heterocycles. The summed E-state index contributed by atoms with van der Waals surface area (Å²) in [7, 11) is 0. The van der Waals surface area contributed by atoms with Crippen LogP contribution in [0.4, 0.5) is 0 Å². The SMILES string of the molecule is Cc1ccccc1C(c1ccccc1)(c1ccccc1)c1c(C)ccc(O)c1O. The minimum absolute atomic E-state index is 0.0824. The number of hydrogen-bond acceptors (Lipinski definition) is 2. The second-order valence-corrected chi connectivity index (χ2v) is 7.42. The zero-order valence-electron chi connectivity index (χ0n) is 16.6. The van der Waals surface area contributed by atoms with Crippen LogP contribution in [0.2, 0.25) is 0 Å². The third kappa shape index (κ3) is 2.98. The minimum Gasteiger partial charge on any atom is -0.504 e. The van der Waals surface area contributed by atoms with E-state index in [0.29, 0.717) is 5.56 Å². The molecule has 0 fully saturated rings. The molecule has 2 nitrogen and oxygen atoms in total. The summed E-state index contributed by atoms with van der Waals surface area (Å²) in [4.78, 5) is 0. The molecule has 0 aliphatic heterocycles. The topological polar surface area (TPSA) is 40.5 Å². The summed E-state index contributed by atoms with van der Waals surface area (Å²) in [6.07, 6.45) is 0. The van der Waals surface area contributed by atoms with E-state index in [1.807, 2.05) is 61.5 Å². The van der Waals surface area contributed by atoms with Gasteiger partial charge in [0.2, 0.25) is 0 Å². The van der Waals surface area contributed by atoms with E-state index in [-0.39, 0.29) is 11.5 Å². The summed E-state index contributed by atoms with van der Waals surface area (Å²) in [5.74, 6) is -0.198. The van der Waals surface area contributed by atoms with Gasteiger partial charge in [-0.1, -0.05) is 91.0 Å². The van der Waals surface area contributed by atoms with Gasteiger partial charge in [0, 0.05) is 5.56 Å². The van der Waals surface area contributed by atoms with Crippen molar-refractivity contribution in [3.05, 3.63) is 130 Å². The predicted octanol–water partition coefficient (Wildman–Crippen LogP) is 6.10.